The summed E-state index contributed by atoms with van der Waals surface area (Å²) in [6, 6.07) is 8.24. The third-order valence-corrected chi connectivity index (χ3v) is 3.13. The Hall–Kier alpha value is -2.30. The molecule has 0 aliphatic rings. The highest BCUT2D eigenvalue weighted by Gasteiger charge is 2.05. The topological polar surface area (TPSA) is 53.1 Å². The summed E-state index contributed by atoms with van der Waals surface area (Å²) in [7, 11) is 4.06. The smallest absolute Gasteiger partial charge is 0.224 e. The first-order valence-electron chi connectivity index (χ1n) is 7.22. The van der Waals surface area contributed by atoms with E-state index in [-0.39, 0.29) is 0 Å². The zero-order valence-electron chi connectivity index (χ0n) is 13.1. The molecule has 1 aromatic carbocycles. The summed E-state index contributed by atoms with van der Waals surface area (Å²) in [5.41, 5.74) is 3.19. The molecule has 0 radical (unpaired) electrons. The minimum absolute atomic E-state index is 0.661. The lowest BCUT2D eigenvalue weighted by Crippen LogP contribution is -2.09. The van der Waals surface area contributed by atoms with E-state index in [9.17, 15) is 0 Å². The van der Waals surface area contributed by atoms with Crippen molar-refractivity contribution in [2.24, 2.45) is 0 Å². The highest BCUT2D eigenvalue weighted by Crippen LogP contribution is 2.22. The minimum atomic E-state index is 0.661. The summed E-state index contributed by atoms with van der Waals surface area (Å²) in [5.74, 6) is 1.49. The van der Waals surface area contributed by atoms with Gasteiger partial charge in [0.2, 0.25) is 5.95 Å². The Kier molecular flexibility index (Phi) is 4.98. The van der Waals surface area contributed by atoms with Crippen molar-refractivity contribution in [3.05, 3.63) is 36.0 Å². The van der Waals surface area contributed by atoms with Crippen molar-refractivity contribution in [2.75, 3.05) is 36.2 Å². The van der Waals surface area contributed by atoms with Gasteiger partial charge >= 0.3 is 0 Å². The van der Waals surface area contributed by atoms with Crippen LogP contribution < -0.4 is 15.5 Å². The van der Waals surface area contributed by atoms with Crippen LogP contribution in [0, 0.1) is 6.92 Å². The standard InChI is InChI=1S/C16H23N5/c1-5-9-17-16-18-11-12(2)15(20-16)19-13-7-6-8-14(10-13)21(3)4/h6-8,10-11H,5,9H2,1-4H3,(H2,17,18,19,20). The Bertz CT molecular complexity index is 595. The quantitative estimate of drug-likeness (QED) is 0.851. The van der Waals surface area contributed by atoms with Gasteiger partial charge in [-0.3, -0.25) is 0 Å². The third-order valence-electron chi connectivity index (χ3n) is 3.13. The number of aryl methyl sites for hydroxylation is 1. The molecule has 0 atom stereocenters. The summed E-state index contributed by atoms with van der Waals surface area (Å²) in [6.45, 7) is 4.99. The molecule has 0 aliphatic carbocycles. The van der Waals surface area contributed by atoms with E-state index < -0.39 is 0 Å². The number of rotatable bonds is 6. The van der Waals surface area contributed by atoms with Gasteiger partial charge in [0.05, 0.1) is 0 Å². The number of anilines is 4. The van der Waals surface area contributed by atoms with Gasteiger partial charge in [0.15, 0.2) is 0 Å². The first kappa shape index (κ1) is 15.1. The van der Waals surface area contributed by atoms with Gasteiger partial charge in [-0.05, 0) is 31.5 Å². The Morgan fingerprint density at radius 1 is 1.24 bits per heavy atom. The van der Waals surface area contributed by atoms with Crippen molar-refractivity contribution in [2.45, 2.75) is 20.3 Å². The van der Waals surface area contributed by atoms with Crippen LogP contribution >= 0.6 is 0 Å². The van der Waals surface area contributed by atoms with E-state index >= 15 is 0 Å². The highest BCUT2D eigenvalue weighted by atomic mass is 15.1. The van der Waals surface area contributed by atoms with Gasteiger partial charge in [-0.25, -0.2) is 4.98 Å². The van der Waals surface area contributed by atoms with Crippen LogP contribution in [0.25, 0.3) is 0 Å². The van der Waals surface area contributed by atoms with E-state index in [1.807, 2.05) is 39.3 Å². The molecule has 2 aromatic rings. The van der Waals surface area contributed by atoms with Crippen molar-refractivity contribution in [3.8, 4) is 0 Å². The number of hydrogen-bond donors (Lipinski definition) is 2. The molecule has 5 heteroatoms. The third kappa shape index (κ3) is 4.08. The molecule has 0 bridgehead atoms. The second-order valence-corrected chi connectivity index (χ2v) is 5.22. The molecule has 0 saturated carbocycles. The molecule has 0 amide bonds. The highest BCUT2D eigenvalue weighted by molar-refractivity contribution is 5.65. The van der Waals surface area contributed by atoms with E-state index in [4.69, 9.17) is 0 Å². The van der Waals surface area contributed by atoms with Crippen LogP contribution in [0.15, 0.2) is 30.5 Å². The molecule has 0 spiro atoms. The molecule has 2 rings (SSSR count). The maximum Gasteiger partial charge on any atom is 0.224 e. The van der Waals surface area contributed by atoms with Gasteiger partial charge in [-0.2, -0.15) is 4.98 Å². The molecule has 0 saturated heterocycles. The predicted molar refractivity (Wildman–Crippen MR) is 89.6 cm³/mol. The predicted octanol–water partition coefficient (Wildman–Crippen LogP) is 3.42. The van der Waals surface area contributed by atoms with Crippen LogP contribution in [0.5, 0.6) is 0 Å². The summed E-state index contributed by atoms with van der Waals surface area (Å²) in [5, 5.41) is 6.57. The molecule has 1 heterocycles. The van der Waals surface area contributed by atoms with Crippen molar-refractivity contribution >= 4 is 23.1 Å². The van der Waals surface area contributed by atoms with Gasteiger partial charge in [-0.1, -0.05) is 13.0 Å². The van der Waals surface area contributed by atoms with Crippen LogP contribution in [0.1, 0.15) is 18.9 Å². The Morgan fingerprint density at radius 3 is 2.76 bits per heavy atom. The molecule has 21 heavy (non-hydrogen) atoms. The maximum atomic E-state index is 4.53. The fourth-order valence-corrected chi connectivity index (χ4v) is 1.89. The van der Waals surface area contributed by atoms with Crippen LogP contribution in [0.3, 0.4) is 0 Å². The lowest BCUT2D eigenvalue weighted by atomic mass is 10.2. The number of hydrogen-bond acceptors (Lipinski definition) is 5. The van der Waals surface area contributed by atoms with Gasteiger partial charge < -0.3 is 15.5 Å². The molecular weight excluding hydrogens is 262 g/mol. The van der Waals surface area contributed by atoms with Crippen molar-refractivity contribution in [1.82, 2.24) is 9.97 Å². The largest absolute Gasteiger partial charge is 0.378 e. The average Bonchev–Trinajstić information content (AvgIpc) is 2.48. The first-order valence-corrected chi connectivity index (χ1v) is 7.22. The second-order valence-electron chi connectivity index (χ2n) is 5.22. The van der Waals surface area contributed by atoms with Crippen molar-refractivity contribution in [3.63, 3.8) is 0 Å². The van der Waals surface area contributed by atoms with Crippen LogP contribution in [-0.4, -0.2) is 30.6 Å². The van der Waals surface area contributed by atoms with Gasteiger partial charge in [0.25, 0.3) is 0 Å². The summed E-state index contributed by atoms with van der Waals surface area (Å²) in [4.78, 5) is 10.9. The Labute approximate surface area is 126 Å². The first-order chi connectivity index (χ1) is 10.1. The molecule has 5 nitrogen and oxygen atoms in total. The van der Waals surface area contributed by atoms with E-state index in [0.717, 1.165) is 35.7 Å². The monoisotopic (exact) mass is 285 g/mol. The van der Waals surface area contributed by atoms with Crippen LogP contribution in [0.4, 0.5) is 23.1 Å². The Morgan fingerprint density at radius 2 is 2.05 bits per heavy atom. The molecule has 0 fully saturated rings. The number of benzene rings is 1. The van der Waals surface area contributed by atoms with Gasteiger partial charge in [-0.15, -0.1) is 0 Å². The SMILES string of the molecule is CCCNc1ncc(C)c(Nc2cccc(N(C)C)c2)n1. The number of aromatic nitrogens is 2. The lowest BCUT2D eigenvalue weighted by Gasteiger charge is -2.15. The maximum absolute atomic E-state index is 4.53. The Balaban J connectivity index is 2.20. The van der Waals surface area contributed by atoms with Crippen LogP contribution in [0.2, 0.25) is 0 Å². The fourth-order valence-electron chi connectivity index (χ4n) is 1.89. The zero-order valence-corrected chi connectivity index (χ0v) is 13.1. The summed E-state index contributed by atoms with van der Waals surface area (Å²) in [6.07, 6.45) is 2.88. The molecule has 2 N–H and O–H groups in total. The van der Waals surface area contributed by atoms with Crippen LogP contribution in [-0.2, 0) is 0 Å². The van der Waals surface area contributed by atoms with E-state index in [2.05, 4.69) is 44.6 Å². The zero-order chi connectivity index (χ0) is 15.2. The lowest BCUT2D eigenvalue weighted by molar-refractivity contribution is 0.950. The fraction of sp³-hybridized carbons (Fsp3) is 0.375. The summed E-state index contributed by atoms with van der Waals surface area (Å²) < 4.78 is 0. The normalized spacial score (nSPS) is 10.3. The molecule has 0 aliphatic heterocycles. The molecule has 0 unspecified atom stereocenters. The van der Waals surface area contributed by atoms with Gasteiger partial charge in [0, 0.05) is 43.8 Å². The van der Waals surface area contributed by atoms with E-state index in [1.165, 1.54) is 0 Å². The second kappa shape index (κ2) is 6.92. The average molecular weight is 285 g/mol. The van der Waals surface area contributed by atoms with Crippen molar-refractivity contribution in [1.29, 1.82) is 0 Å². The van der Waals surface area contributed by atoms with E-state index in [1.54, 1.807) is 0 Å². The number of nitrogens with zero attached hydrogens (tertiary/aromatic N) is 3. The van der Waals surface area contributed by atoms with E-state index in [0.29, 0.717) is 5.95 Å². The molecule has 112 valence electrons. The number of nitrogens with one attached hydrogen (secondary N) is 2. The molecular formula is C16H23N5. The van der Waals surface area contributed by atoms with Crippen molar-refractivity contribution < 1.29 is 0 Å². The minimum Gasteiger partial charge on any atom is -0.378 e. The molecule has 1 aromatic heterocycles. The van der Waals surface area contributed by atoms with Gasteiger partial charge in [0.1, 0.15) is 5.82 Å². The summed E-state index contributed by atoms with van der Waals surface area (Å²) >= 11 is 0.